The second-order valence-electron chi connectivity index (χ2n) is 6.06. The Labute approximate surface area is 144 Å². The van der Waals surface area contributed by atoms with Crippen LogP contribution in [-0.4, -0.2) is 26.2 Å². The molecular formula is C20H16N4O. The molecule has 0 aliphatic heterocycles. The number of hydrogen-bond acceptors (Lipinski definition) is 5. The van der Waals surface area contributed by atoms with E-state index in [9.17, 15) is 4.79 Å². The maximum Gasteiger partial charge on any atom is 0.128 e. The Bertz CT molecular complexity index is 1060. The first-order valence-electron chi connectivity index (χ1n) is 8.13. The molecule has 4 aromatic rings. The number of aromatic nitrogens is 4. The lowest BCUT2D eigenvalue weighted by molar-refractivity contribution is -0.109. The van der Waals surface area contributed by atoms with Gasteiger partial charge in [-0.3, -0.25) is 19.9 Å². The van der Waals surface area contributed by atoms with Gasteiger partial charge >= 0.3 is 0 Å². The normalized spacial score (nSPS) is 13.6. The van der Waals surface area contributed by atoms with Gasteiger partial charge in [-0.15, -0.1) is 0 Å². The lowest BCUT2D eigenvalue weighted by Gasteiger charge is -2.20. The first-order chi connectivity index (χ1) is 12.3. The minimum absolute atomic E-state index is 0.0121. The predicted molar refractivity (Wildman–Crippen MR) is 96.3 cm³/mol. The lowest BCUT2D eigenvalue weighted by atomic mass is 9.83. The van der Waals surface area contributed by atoms with Crippen LogP contribution in [0.4, 0.5) is 0 Å². The molecule has 0 spiro atoms. The predicted octanol–water partition coefficient (Wildman–Crippen LogP) is 3.66. The van der Waals surface area contributed by atoms with Gasteiger partial charge in [0.15, 0.2) is 0 Å². The maximum absolute atomic E-state index is 11.9. The van der Waals surface area contributed by atoms with E-state index in [4.69, 9.17) is 0 Å². The zero-order valence-electron chi connectivity index (χ0n) is 13.7. The zero-order valence-corrected chi connectivity index (χ0v) is 13.7. The molecule has 2 atom stereocenters. The number of fused-ring (bicyclic) bond motifs is 2. The lowest BCUT2D eigenvalue weighted by Crippen LogP contribution is -2.10. The van der Waals surface area contributed by atoms with Crippen LogP contribution in [0.3, 0.4) is 0 Å². The quantitative estimate of drug-likeness (QED) is 0.535. The van der Waals surface area contributed by atoms with Crippen molar-refractivity contribution in [1.29, 1.82) is 0 Å². The fraction of sp³-hybridized carbons (Fsp3) is 0.150. The molecule has 0 saturated heterocycles. The second kappa shape index (κ2) is 6.36. The van der Waals surface area contributed by atoms with Crippen LogP contribution in [0, 0.1) is 0 Å². The van der Waals surface area contributed by atoms with Crippen molar-refractivity contribution in [1.82, 2.24) is 19.9 Å². The van der Waals surface area contributed by atoms with Crippen LogP contribution in [0.25, 0.3) is 22.1 Å². The van der Waals surface area contributed by atoms with Gasteiger partial charge in [0.1, 0.15) is 6.29 Å². The summed E-state index contributed by atoms with van der Waals surface area (Å²) in [5.74, 6) is -0.251. The van der Waals surface area contributed by atoms with E-state index in [1.807, 2.05) is 36.4 Å². The summed E-state index contributed by atoms with van der Waals surface area (Å²) in [7, 11) is 0. The molecule has 0 amide bonds. The number of hydrogen-bond donors (Lipinski definition) is 0. The Kier molecular flexibility index (Phi) is 3.90. The van der Waals surface area contributed by atoms with Crippen molar-refractivity contribution >= 4 is 28.4 Å². The SMILES string of the molecule is CC(c1ccc2nccnc2c1)C(C=O)c1ccc2nccnc2c1. The molecule has 2 aromatic heterocycles. The van der Waals surface area contributed by atoms with Crippen molar-refractivity contribution in [3.63, 3.8) is 0 Å². The highest BCUT2D eigenvalue weighted by Gasteiger charge is 2.21. The van der Waals surface area contributed by atoms with Crippen molar-refractivity contribution in [3.05, 3.63) is 72.3 Å². The average Bonchev–Trinajstić information content (AvgIpc) is 2.68. The molecule has 0 N–H and O–H groups in total. The number of benzene rings is 2. The molecule has 0 radical (unpaired) electrons. The van der Waals surface area contributed by atoms with Crippen LogP contribution in [-0.2, 0) is 4.79 Å². The monoisotopic (exact) mass is 328 g/mol. The molecule has 5 heteroatoms. The Morgan fingerprint density at radius 2 is 1.20 bits per heavy atom. The van der Waals surface area contributed by atoms with Crippen LogP contribution < -0.4 is 0 Å². The topological polar surface area (TPSA) is 68.6 Å². The van der Waals surface area contributed by atoms with E-state index in [1.54, 1.807) is 24.8 Å². The minimum Gasteiger partial charge on any atom is -0.303 e. The van der Waals surface area contributed by atoms with Crippen LogP contribution in [0.1, 0.15) is 29.9 Å². The first kappa shape index (κ1) is 15.3. The molecule has 0 saturated carbocycles. The van der Waals surface area contributed by atoms with Crippen molar-refractivity contribution in [2.24, 2.45) is 0 Å². The Morgan fingerprint density at radius 3 is 1.76 bits per heavy atom. The summed E-state index contributed by atoms with van der Waals surface area (Å²) in [6.07, 6.45) is 7.68. The van der Waals surface area contributed by atoms with Crippen LogP contribution in [0.2, 0.25) is 0 Å². The van der Waals surface area contributed by atoms with Gasteiger partial charge in [-0.1, -0.05) is 19.1 Å². The summed E-state index contributed by atoms with van der Waals surface area (Å²) < 4.78 is 0. The third-order valence-corrected chi connectivity index (χ3v) is 4.58. The van der Waals surface area contributed by atoms with Gasteiger partial charge in [-0.2, -0.15) is 0 Å². The Hall–Kier alpha value is -3.21. The van der Waals surface area contributed by atoms with Gasteiger partial charge in [-0.25, -0.2) is 0 Å². The fourth-order valence-electron chi connectivity index (χ4n) is 3.14. The highest BCUT2D eigenvalue weighted by atomic mass is 16.1. The van der Waals surface area contributed by atoms with Gasteiger partial charge in [0, 0.05) is 30.7 Å². The van der Waals surface area contributed by atoms with E-state index in [0.29, 0.717) is 0 Å². The first-order valence-corrected chi connectivity index (χ1v) is 8.13. The summed E-state index contributed by atoms with van der Waals surface area (Å²) >= 11 is 0. The molecule has 25 heavy (non-hydrogen) atoms. The molecule has 0 fully saturated rings. The summed E-state index contributed by atoms with van der Waals surface area (Å²) in [4.78, 5) is 29.1. The zero-order chi connectivity index (χ0) is 17.2. The molecule has 4 rings (SSSR count). The molecular weight excluding hydrogens is 312 g/mol. The Balaban J connectivity index is 1.73. The number of rotatable bonds is 4. The van der Waals surface area contributed by atoms with Crippen LogP contribution in [0.15, 0.2) is 61.2 Å². The number of aldehydes is 1. The highest BCUT2D eigenvalue weighted by molar-refractivity contribution is 5.78. The van der Waals surface area contributed by atoms with E-state index >= 15 is 0 Å². The van der Waals surface area contributed by atoms with E-state index in [1.165, 1.54) is 0 Å². The molecule has 2 unspecified atom stereocenters. The van der Waals surface area contributed by atoms with Crippen molar-refractivity contribution in [2.45, 2.75) is 18.8 Å². The smallest absolute Gasteiger partial charge is 0.128 e. The summed E-state index contributed by atoms with van der Waals surface area (Å²) in [6.45, 7) is 2.05. The van der Waals surface area contributed by atoms with Gasteiger partial charge < -0.3 is 4.79 Å². The molecule has 0 bridgehead atoms. The van der Waals surface area contributed by atoms with Gasteiger partial charge in [0.2, 0.25) is 0 Å². The van der Waals surface area contributed by atoms with E-state index in [2.05, 4.69) is 26.9 Å². The van der Waals surface area contributed by atoms with Crippen LogP contribution in [0.5, 0.6) is 0 Å². The number of carbonyl (C=O) groups excluding carboxylic acids is 1. The molecule has 2 aromatic carbocycles. The van der Waals surface area contributed by atoms with E-state index in [-0.39, 0.29) is 11.8 Å². The minimum atomic E-state index is -0.263. The van der Waals surface area contributed by atoms with Gasteiger partial charge in [0.25, 0.3) is 0 Å². The number of nitrogens with zero attached hydrogens (tertiary/aromatic N) is 4. The van der Waals surface area contributed by atoms with E-state index < -0.39 is 0 Å². The third kappa shape index (κ3) is 2.85. The molecule has 5 nitrogen and oxygen atoms in total. The van der Waals surface area contributed by atoms with Crippen molar-refractivity contribution in [3.8, 4) is 0 Å². The van der Waals surface area contributed by atoms with Gasteiger partial charge in [-0.05, 0) is 41.3 Å². The summed E-state index contributed by atoms with van der Waals surface area (Å²) in [5.41, 5.74) is 5.30. The standard InChI is InChI=1S/C20H16N4O/c1-13(14-2-4-17-19(10-14)23-8-6-21-17)16(12-25)15-3-5-18-20(11-15)24-9-7-22-18/h2-13,16H,1H3. The summed E-state index contributed by atoms with van der Waals surface area (Å²) in [6, 6.07) is 11.8. The Morgan fingerprint density at radius 1 is 0.720 bits per heavy atom. The third-order valence-electron chi connectivity index (χ3n) is 4.58. The molecule has 0 aliphatic rings. The van der Waals surface area contributed by atoms with E-state index in [0.717, 1.165) is 39.5 Å². The molecule has 0 aliphatic carbocycles. The number of carbonyl (C=O) groups is 1. The maximum atomic E-state index is 11.9. The molecule has 122 valence electrons. The fourth-order valence-corrected chi connectivity index (χ4v) is 3.14. The highest BCUT2D eigenvalue weighted by Crippen LogP contribution is 2.33. The summed E-state index contributed by atoms with van der Waals surface area (Å²) in [5, 5.41) is 0. The second-order valence-corrected chi connectivity index (χ2v) is 6.06. The van der Waals surface area contributed by atoms with Crippen molar-refractivity contribution < 1.29 is 4.79 Å². The van der Waals surface area contributed by atoms with Gasteiger partial charge in [0.05, 0.1) is 22.1 Å². The van der Waals surface area contributed by atoms with Crippen molar-refractivity contribution in [2.75, 3.05) is 0 Å². The average molecular weight is 328 g/mol. The largest absolute Gasteiger partial charge is 0.303 e. The molecule has 2 heterocycles. The van der Waals surface area contributed by atoms with Crippen LogP contribution >= 0.6 is 0 Å².